The van der Waals surface area contributed by atoms with Gasteiger partial charge in [0.2, 0.25) is 0 Å². The molecule has 0 saturated heterocycles. The Balaban J connectivity index is 4.37. The fourth-order valence-electron chi connectivity index (χ4n) is 7.80. The van der Waals surface area contributed by atoms with Gasteiger partial charge in [0.25, 0.3) is 0 Å². The molecule has 6 nitrogen and oxygen atoms in total. The minimum absolute atomic E-state index is 0.104. The van der Waals surface area contributed by atoms with Crippen molar-refractivity contribution in [1.82, 2.24) is 0 Å². The highest BCUT2D eigenvalue weighted by Gasteiger charge is 2.19. The Hall–Kier alpha value is -3.67. The molecule has 0 rings (SSSR count). The van der Waals surface area contributed by atoms with Gasteiger partial charge in [0.1, 0.15) is 13.2 Å². The van der Waals surface area contributed by atoms with Crippen LogP contribution in [0.15, 0.2) is 97.2 Å². The molecule has 0 aromatic heterocycles. The highest BCUT2D eigenvalue weighted by Crippen LogP contribution is 2.15. The molecule has 0 aliphatic carbocycles. The Morgan fingerprint density at radius 3 is 0.942 bits per heavy atom. The lowest BCUT2D eigenvalue weighted by Crippen LogP contribution is -2.30. The van der Waals surface area contributed by atoms with Gasteiger partial charge in [0.05, 0.1) is 0 Å². The summed E-state index contributed by atoms with van der Waals surface area (Å²) in [5, 5.41) is 0. The summed E-state index contributed by atoms with van der Waals surface area (Å²) in [5.41, 5.74) is 0. The third-order valence-electron chi connectivity index (χ3n) is 12.1. The number of carbonyl (C=O) groups is 3. The monoisotopic (exact) mass is 959 g/mol. The summed E-state index contributed by atoms with van der Waals surface area (Å²) in [6.45, 7) is 6.36. The fraction of sp³-hybridized carbons (Fsp3) is 0.698. The average Bonchev–Trinajstić information content (AvgIpc) is 3.35. The number of hydrogen-bond acceptors (Lipinski definition) is 6. The van der Waals surface area contributed by atoms with Crippen LogP contribution in [0.5, 0.6) is 0 Å². The van der Waals surface area contributed by atoms with Gasteiger partial charge in [-0.05, 0) is 116 Å². The van der Waals surface area contributed by atoms with E-state index in [0.29, 0.717) is 19.3 Å². The average molecular weight is 960 g/mol. The van der Waals surface area contributed by atoms with Crippen molar-refractivity contribution in [3.8, 4) is 0 Å². The van der Waals surface area contributed by atoms with Gasteiger partial charge in [-0.2, -0.15) is 0 Å². The van der Waals surface area contributed by atoms with E-state index in [1.165, 1.54) is 116 Å². The molecule has 1 atom stereocenters. The molecule has 0 aromatic rings. The van der Waals surface area contributed by atoms with Crippen LogP contribution >= 0.6 is 0 Å². The van der Waals surface area contributed by atoms with Crippen LogP contribution in [0, 0.1) is 0 Å². The maximum absolute atomic E-state index is 12.8. The molecule has 0 fully saturated rings. The molecule has 69 heavy (non-hydrogen) atoms. The molecule has 394 valence electrons. The first kappa shape index (κ1) is 65.3. The molecule has 6 heteroatoms. The number of ether oxygens (including phenoxy) is 3. The summed E-state index contributed by atoms with van der Waals surface area (Å²) in [5.74, 6) is -0.976. The number of hydrogen-bond donors (Lipinski definition) is 0. The molecule has 0 saturated carbocycles. The Labute approximate surface area is 426 Å². The zero-order chi connectivity index (χ0) is 50.0. The van der Waals surface area contributed by atoms with Crippen molar-refractivity contribution in [2.45, 2.75) is 271 Å². The minimum Gasteiger partial charge on any atom is -0.462 e. The summed E-state index contributed by atoms with van der Waals surface area (Å²) in [6, 6.07) is 0. The van der Waals surface area contributed by atoms with Crippen molar-refractivity contribution in [3.05, 3.63) is 97.2 Å². The Morgan fingerprint density at radius 1 is 0.304 bits per heavy atom. The lowest BCUT2D eigenvalue weighted by Gasteiger charge is -2.18. The molecular formula is C63H106O6. The van der Waals surface area contributed by atoms with Crippen LogP contribution in [0.3, 0.4) is 0 Å². The predicted molar refractivity (Wildman–Crippen MR) is 297 cm³/mol. The van der Waals surface area contributed by atoms with Gasteiger partial charge < -0.3 is 14.2 Å². The van der Waals surface area contributed by atoms with Gasteiger partial charge in [0.15, 0.2) is 6.10 Å². The van der Waals surface area contributed by atoms with E-state index in [1.54, 1.807) is 0 Å². The molecule has 0 aliphatic rings. The summed E-state index contributed by atoms with van der Waals surface area (Å²) < 4.78 is 16.8. The molecule has 0 aliphatic heterocycles. The van der Waals surface area contributed by atoms with Gasteiger partial charge in [-0.3, -0.25) is 14.4 Å². The maximum atomic E-state index is 12.8. The molecule has 0 heterocycles. The smallest absolute Gasteiger partial charge is 0.306 e. The quantitative estimate of drug-likeness (QED) is 0.0262. The maximum Gasteiger partial charge on any atom is 0.306 e. The lowest BCUT2D eigenvalue weighted by atomic mass is 10.0. The standard InChI is InChI=1S/C63H106O6/c1-4-7-10-13-16-19-22-25-27-28-29-30-31-32-33-34-36-38-41-44-47-50-53-56-62(65)68-59-60(58-67-61(64)55-52-49-46-43-40-37-24-21-18-15-12-9-6-3)69-63(66)57-54-51-48-45-42-39-35-26-23-20-17-14-11-8-5-2/h8-9,11-12,17-18,20-21,26,28-29,35,37,40,42,45,60H,4-7,10,13-16,19,22-25,27,30-34,36,38-39,41,43-44,46-59H2,1-3H3/b11-8-,12-9-,20-17-,21-18-,29-28-,35-26-,40-37-,45-42-. The first-order valence-electron chi connectivity index (χ1n) is 28.7. The number of carbonyl (C=O) groups excluding carboxylic acids is 3. The van der Waals surface area contributed by atoms with E-state index in [4.69, 9.17) is 14.2 Å². The minimum atomic E-state index is -0.812. The first-order chi connectivity index (χ1) is 34.0. The highest BCUT2D eigenvalue weighted by molar-refractivity contribution is 5.71. The largest absolute Gasteiger partial charge is 0.462 e. The molecule has 0 spiro atoms. The molecule has 1 unspecified atom stereocenters. The fourth-order valence-corrected chi connectivity index (χ4v) is 7.80. The van der Waals surface area contributed by atoms with Crippen molar-refractivity contribution in [3.63, 3.8) is 0 Å². The number of allylic oxidation sites excluding steroid dienone is 16. The molecule has 0 bridgehead atoms. The Bertz CT molecular complexity index is 1380. The lowest BCUT2D eigenvalue weighted by molar-refractivity contribution is -0.167. The third-order valence-corrected chi connectivity index (χ3v) is 12.1. The third kappa shape index (κ3) is 55.1. The van der Waals surface area contributed by atoms with E-state index in [9.17, 15) is 14.4 Å². The second-order valence-electron chi connectivity index (χ2n) is 18.8. The number of unbranched alkanes of at least 4 members (excludes halogenated alkanes) is 24. The van der Waals surface area contributed by atoms with Crippen molar-refractivity contribution in [2.75, 3.05) is 13.2 Å². The van der Waals surface area contributed by atoms with Gasteiger partial charge in [-0.15, -0.1) is 0 Å². The van der Waals surface area contributed by atoms with Crippen LogP contribution in [-0.4, -0.2) is 37.2 Å². The van der Waals surface area contributed by atoms with Gasteiger partial charge in [-0.25, -0.2) is 0 Å². The van der Waals surface area contributed by atoms with Crippen molar-refractivity contribution in [1.29, 1.82) is 0 Å². The summed E-state index contributed by atoms with van der Waals surface area (Å²) in [7, 11) is 0. The molecule has 0 amide bonds. The van der Waals surface area contributed by atoms with Gasteiger partial charge in [-0.1, -0.05) is 227 Å². The Kier molecular flexibility index (Phi) is 53.9. The summed E-state index contributed by atoms with van der Waals surface area (Å²) >= 11 is 0. The van der Waals surface area contributed by atoms with Gasteiger partial charge in [0, 0.05) is 19.3 Å². The van der Waals surface area contributed by atoms with Crippen LogP contribution in [0.4, 0.5) is 0 Å². The van der Waals surface area contributed by atoms with Crippen molar-refractivity contribution >= 4 is 17.9 Å². The normalized spacial score (nSPS) is 12.8. The number of esters is 3. The highest BCUT2D eigenvalue weighted by atomic mass is 16.6. The molecule has 0 N–H and O–H groups in total. The van der Waals surface area contributed by atoms with Crippen molar-refractivity contribution < 1.29 is 28.6 Å². The van der Waals surface area contributed by atoms with E-state index in [1.807, 2.05) is 0 Å². The predicted octanol–water partition coefficient (Wildman–Crippen LogP) is 19.3. The van der Waals surface area contributed by atoms with E-state index in [2.05, 4.69) is 118 Å². The zero-order valence-corrected chi connectivity index (χ0v) is 45.0. The number of rotatable bonds is 51. The van der Waals surface area contributed by atoms with E-state index < -0.39 is 6.10 Å². The van der Waals surface area contributed by atoms with E-state index in [0.717, 1.165) is 103 Å². The van der Waals surface area contributed by atoms with Crippen LogP contribution in [0.1, 0.15) is 265 Å². The van der Waals surface area contributed by atoms with E-state index in [-0.39, 0.29) is 37.5 Å². The van der Waals surface area contributed by atoms with Gasteiger partial charge >= 0.3 is 17.9 Å². The first-order valence-corrected chi connectivity index (χ1v) is 28.7. The SMILES string of the molecule is CC/C=C\C/C=C\C/C=C\C/C=C\CCCCC(=O)OC(COC(=O)CCCCC/C=C\C/C=C\C/C=C\CC)COC(=O)CCCCCCCCCCCCC/C=C\CCCCCCCCCC. The van der Waals surface area contributed by atoms with Crippen LogP contribution in [0.25, 0.3) is 0 Å². The van der Waals surface area contributed by atoms with E-state index >= 15 is 0 Å². The van der Waals surface area contributed by atoms with Crippen LogP contribution in [-0.2, 0) is 28.6 Å². The zero-order valence-electron chi connectivity index (χ0n) is 45.0. The van der Waals surface area contributed by atoms with Crippen LogP contribution < -0.4 is 0 Å². The molecular weight excluding hydrogens is 853 g/mol. The molecule has 0 aromatic carbocycles. The molecule has 0 radical (unpaired) electrons. The topological polar surface area (TPSA) is 78.9 Å². The Morgan fingerprint density at radius 2 is 0.565 bits per heavy atom. The summed E-state index contributed by atoms with van der Waals surface area (Å²) in [6.07, 6.45) is 75.6. The summed E-state index contributed by atoms with van der Waals surface area (Å²) in [4.78, 5) is 38.1. The second kappa shape index (κ2) is 56.9. The van der Waals surface area contributed by atoms with Crippen molar-refractivity contribution in [2.24, 2.45) is 0 Å². The second-order valence-corrected chi connectivity index (χ2v) is 18.8. The van der Waals surface area contributed by atoms with Crippen LogP contribution in [0.2, 0.25) is 0 Å².